The summed E-state index contributed by atoms with van der Waals surface area (Å²) in [4.78, 5) is 11.8. The molecule has 3 nitrogen and oxygen atoms in total. The molecule has 0 bridgehead atoms. The lowest BCUT2D eigenvalue weighted by atomic mass is 10.1. The molecule has 110 valence electrons. The Hall–Kier alpha value is -2.43. The van der Waals surface area contributed by atoms with Crippen LogP contribution < -0.4 is 11.1 Å². The van der Waals surface area contributed by atoms with Crippen molar-refractivity contribution in [3.8, 4) is 0 Å². The molecule has 2 aromatic rings. The number of hydrogen-bond acceptors (Lipinski definition) is 2. The van der Waals surface area contributed by atoms with Gasteiger partial charge >= 0.3 is 0 Å². The molecule has 0 heterocycles. The Balaban J connectivity index is 1.85. The second-order valence-electron chi connectivity index (χ2n) is 4.70. The Labute approximate surface area is 121 Å². The van der Waals surface area contributed by atoms with Crippen molar-refractivity contribution in [2.24, 2.45) is 0 Å². The third-order valence-corrected chi connectivity index (χ3v) is 3.11. The highest BCUT2D eigenvalue weighted by atomic mass is 19.1. The summed E-state index contributed by atoms with van der Waals surface area (Å²) in [6, 6.07) is 11.7. The van der Waals surface area contributed by atoms with E-state index in [1.165, 1.54) is 5.56 Å². The van der Waals surface area contributed by atoms with Crippen LogP contribution in [0.2, 0.25) is 0 Å². The number of nitrogens with one attached hydrogen (secondary N) is 1. The van der Waals surface area contributed by atoms with E-state index in [0.717, 1.165) is 25.0 Å². The van der Waals surface area contributed by atoms with Crippen molar-refractivity contribution in [3.63, 3.8) is 0 Å². The van der Waals surface area contributed by atoms with Gasteiger partial charge in [0.15, 0.2) is 0 Å². The summed E-state index contributed by atoms with van der Waals surface area (Å²) in [6.07, 6.45) is 1.57. The van der Waals surface area contributed by atoms with Crippen LogP contribution in [0.1, 0.15) is 22.3 Å². The highest BCUT2D eigenvalue weighted by Crippen LogP contribution is 2.17. The van der Waals surface area contributed by atoms with Gasteiger partial charge in [-0.2, -0.15) is 0 Å². The SMILES string of the molecule is Nc1c(F)cc(C(=O)NCCCc2ccccc2)cc1F. The van der Waals surface area contributed by atoms with Crippen LogP contribution in [0.25, 0.3) is 0 Å². The van der Waals surface area contributed by atoms with Crippen molar-refractivity contribution in [2.75, 3.05) is 12.3 Å². The third kappa shape index (κ3) is 4.02. The van der Waals surface area contributed by atoms with Gasteiger partial charge in [0.1, 0.15) is 17.3 Å². The number of rotatable bonds is 5. The maximum absolute atomic E-state index is 13.3. The molecule has 0 saturated heterocycles. The minimum Gasteiger partial charge on any atom is -0.394 e. The number of amides is 1. The Morgan fingerprint density at radius 2 is 1.71 bits per heavy atom. The van der Waals surface area contributed by atoms with Gasteiger partial charge in [-0.1, -0.05) is 30.3 Å². The summed E-state index contributed by atoms with van der Waals surface area (Å²) >= 11 is 0. The van der Waals surface area contributed by atoms with Crippen LogP contribution in [-0.2, 0) is 6.42 Å². The van der Waals surface area contributed by atoms with E-state index in [-0.39, 0.29) is 5.56 Å². The molecule has 0 aliphatic carbocycles. The fraction of sp³-hybridized carbons (Fsp3) is 0.188. The molecular weight excluding hydrogens is 274 g/mol. The number of hydrogen-bond donors (Lipinski definition) is 2. The molecule has 0 spiro atoms. The average Bonchev–Trinajstić information content (AvgIpc) is 2.49. The van der Waals surface area contributed by atoms with Gasteiger partial charge in [-0.05, 0) is 30.5 Å². The molecular formula is C16H16F2N2O. The first-order chi connectivity index (χ1) is 10.1. The highest BCUT2D eigenvalue weighted by Gasteiger charge is 2.12. The fourth-order valence-electron chi connectivity index (χ4n) is 1.96. The number of carbonyl (C=O) groups is 1. The lowest BCUT2D eigenvalue weighted by Gasteiger charge is -2.07. The quantitative estimate of drug-likeness (QED) is 0.657. The van der Waals surface area contributed by atoms with E-state index < -0.39 is 23.2 Å². The van der Waals surface area contributed by atoms with Crippen LogP contribution >= 0.6 is 0 Å². The lowest BCUT2D eigenvalue weighted by Crippen LogP contribution is -2.25. The number of nitrogen functional groups attached to an aromatic ring is 1. The monoisotopic (exact) mass is 290 g/mol. The minimum absolute atomic E-state index is 0.0705. The van der Waals surface area contributed by atoms with Crippen LogP contribution in [0.4, 0.5) is 14.5 Å². The van der Waals surface area contributed by atoms with Gasteiger partial charge in [-0.15, -0.1) is 0 Å². The van der Waals surface area contributed by atoms with E-state index in [0.29, 0.717) is 6.54 Å². The van der Waals surface area contributed by atoms with E-state index >= 15 is 0 Å². The molecule has 21 heavy (non-hydrogen) atoms. The molecule has 0 fully saturated rings. The zero-order valence-electron chi connectivity index (χ0n) is 11.4. The normalized spacial score (nSPS) is 10.4. The van der Waals surface area contributed by atoms with Crippen LogP contribution in [-0.4, -0.2) is 12.5 Å². The van der Waals surface area contributed by atoms with Gasteiger partial charge in [0.25, 0.3) is 5.91 Å². The Bertz CT molecular complexity index is 606. The van der Waals surface area contributed by atoms with Crippen molar-refractivity contribution in [1.29, 1.82) is 0 Å². The molecule has 0 radical (unpaired) electrons. The van der Waals surface area contributed by atoms with Gasteiger partial charge in [0.05, 0.1) is 0 Å². The first kappa shape index (κ1) is 15.0. The summed E-state index contributed by atoms with van der Waals surface area (Å²) in [5.74, 6) is -2.37. The van der Waals surface area contributed by atoms with Crippen molar-refractivity contribution in [1.82, 2.24) is 5.32 Å². The van der Waals surface area contributed by atoms with Crippen molar-refractivity contribution in [2.45, 2.75) is 12.8 Å². The zero-order chi connectivity index (χ0) is 15.2. The summed E-state index contributed by atoms with van der Waals surface area (Å²) < 4.78 is 26.5. The van der Waals surface area contributed by atoms with Gasteiger partial charge in [-0.25, -0.2) is 8.78 Å². The Morgan fingerprint density at radius 1 is 1.10 bits per heavy atom. The van der Waals surface area contributed by atoms with Gasteiger partial charge in [0.2, 0.25) is 0 Å². The largest absolute Gasteiger partial charge is 0.394 e. The average molecular weight is 290 g/mol. The van der Waals surface area contributed by atoms with E-state index in [9.17, 15) is 13.6 Å². The first-order valence-electron chi connectivity index (χ1n) is 6.64. The van der Waals surface area contributed by atoms with E-state index in [4.69, 9.17) is 5.73 Å². The van der Waals surface area contributed by atoms with Crippen molar-refractivity contribution < 1.29 is 13.6 Å². The molecule has 2 aromatic carbocycles. The molecule has 0 aliphatic heterocycles. The van der Waals surface area contributed by atoms with Crippen LogP contribution in [0, 0.1) is 11.6 Å². The Morgan fingerprint density at radius 3 is 2.33 bits per heavy atom. The molecule has 0 unspecified atom stereocenters. The van der Waals surface area contributed by atoms with Crippen molar-refractivity contribution >= 4 is 11.6 Å². The molecule has 3 N–H and O–H groups in total. The van der Waals surface area contributed by atoms with Crippen molar-refractivity contribution in [3.05, 3.63) is 65.2 Å². The number of anilines is 1. The standard InChI is InChI=1S/C16H16F2N2O/c17-13-9-12(10-14(18)15(13)19)16(21)20-8-4-7-11-5-2-1-3-6-11/h1-3,5-6,9-10H,4,7-8,19H2,(H,20,21). The topological polar surface area (TPSA) is 55.1 Å². The lowest BCUT2D eigenvalue weighted by molar-refractivity contribution is 0.0952. The van der Waals surface area contributed by atoms with E-state index in [1.807, 2.05) is 30.3 Å². The molecule has 2 rings (SSSR count). The second-order valence-corrected chi connectivity index (χ2v) is 4.70. The first-order valence-corrected chi connectivity index (χ1v) is 6.64. The second kappa shape index (κ2) is 6.83. The molecule has 0 atom stereocenters. The van der Waals surface area contributed by atoms with Crippen LogP contribution in [0.15, 0.2) is 42.5 Å². The molecule has 5 heteroatoms. The summed E-state index contributed by atoms with van der Waals surface area (Å²) in [5, 5.41) is 2.63. The van der Waals surface area contributed by atoms with Gasteiger partial charge < -0.3 is 11.1 Å². The number of carbonyl (C=O) groups excluding carboxylic acids is 1. The molecule has 0 saturated carbocycles. The smallest absolute Gasteiger partial charge is 0.251 e. The zero-order valence-corrected chi connectivity index (χ0v) is 11.4. The van der Waals surface area contributed by atoms with Crippen LogP contribution in [0.3, 0.4) is 0 Å². The maximum atomic E-state index is 13.3. The molecule has 0 aliphatic rings. The summed E-state index contributed by atoms with van der Waals surface area (Å²) in [6.45, 7) is 0.432. The van der Waals surface area contributed by atoms with Crippen LogP contribution in [0.5, 0.6) is 0 Å². The Kier molecular flexibility index (Phi) is 4.87. The number of halogens is 2. The highest BCUT2D eigenvalue weighted by molar-refractivity contribution is 5.94. The minimum atomic E-state index is -0.926. The molecule has 1 amide bonds. The predicted octanol–water partition coefficient (Wildman–Crippen LogP) is 2.91. The maximum Gasteiger partial charge on any atom is 0.251 e. The van der Waals surface area contributed by atoms with E-state index in [1.54, 1.807) is 0 Å². The van der Waals surface area contributed by atoms with Gasteiger partial charge in [-0.3, -0.25) is 4.79 Å². The number of benzene rings is 2. The fourth-order valence-corrected chi connectivity index (χ4v) is 1.96. The number of aryl methyl sites for hydroxylation is 1. The molecule has 0 aromatic heterocycles. The third-order valence-electron chi connectivity index (χ3n) is 3.11. The number of nitrogens with two attached hydrogens (primary N) is 1. The summed E-state index contributed by atoms with van der Waals surface area (Å²) in [5.41, 5.74) is 5.69. The van der Waals surface area contributed by atoms with Gasteiger partial charge in [0, 0.05) is 12.1 Å². The van der Waals surface area contributed by atoms with E-state index in [2.05, 4.69) is 5.32 Å². The summed E-state index contributed by atoms with van der Waals surface area (Å²) in [7, 11) is 0. The predicted molar refractivity (Wildman–Crippen MR) is 77.9 cm³/mol.